The van der Waals surface area contributed by atoms with Crippen LogP contribution in [0, 0.1) is 18.3 Å². The fraction of sp³-hybridized carbons (Fsp3) is 0.214. The van der Waals surface area contributed by atoms with Gasteiger partial charge in [-0.05, 0) is 37.6 Å². The maximum Gasteiger partial charge on any atom is 0.224 e. The summed E-state index contributed by atoms with van der Waals surface area (Å²) < 4.78 is 0. The SMILES string of the molecule is Cc1cc(C#N)nc(NC(C)c2cccc(Cl)c2)n1. The Morgan fingerprint density at radius 2 is 2.11 bits per heavy atom. The van der Waals surface area contributed by atoms with Gasteiger partial charge in [-0.15, -0.1) is 0 Å². The standard InChI is InChI=1S/C14H13ClN4/c1-9-6-13(8-16)19-14(17-9)18-10(2)11-4-3-5-12(15)7-11/h3-7,10H,1-2H3,(H,17,18,19). The van der Waals surface area contributed by atoms with Gasteiger partial charge in [0.25, 0.3) is 0 Å². The first-order valence-electron chi connectivity index (χ1n) is 5.86. The number of aryl methyl sites for hydroxylation is 1. The highest BCUT2D eigenvalue weighted by molar-refractivity contribution is 6.30. The van der Waals surface area contributed by atoms with Crippen molar-refractivity contribution in [3.05, 3.63) is 52.3 Å². The molecule has 2 aromatic rings. The van der Waals surface area contributed by atoms with Crippen LogP contribution in [0.1, 0.15) is 29.9 Å². The van der Waals surface area contributed by atoms with Gasteiger partial charge in [0.1, 0.15) is 11.8 Å². The molecule has 0 aliphatic carbocycles. The Balaban J connectivity index is 2.21. The Kier molecular flexibility index (Phi) is 3.98. The summed E-state index contributed by atoms with van der Waals surface area (Å²) in [4.78, 5) is 8.39. The first-order chi connectivity index (χ1) is 9.08. The molecule has 0 saturated carbocycles. The minimum absolute atomic E-state index is 0.00652. The third-order valence-electron chi connectivity index (χ3n) is 2.66. The zero-order valence-electron chi connectivity index (χ0n) is 10.7. The van der Waals surface area contributed by atoms with E-state index in [4.69, 9.17) is 16.9 Å². The van der Waals surface area contributed by atoms with E-state index in [-0.39, 0.29) is 6.04 Å². The van der Waals surface area contributed by atoms with Crippen LogP contribution in [-0.2, 0) is 0 Å². The van der Waals surface area contributed by atoms with E-state index in [1.165, 1.54) is 0 Å². The number of hydrogen-bond donors (Lipinski definition) is 1. The number of rotatable bonds is 3. The predicted molar refractivity (Wildman–Crippen MR) is 75.0 cm³/mol. The Bertz CT molecular complexity index is 634. The summed E-state index contributed by atoms with van der Waals surface area (Å²) in [5.41, 5.74) is 2.15. The summed E-state index contributed by atoms with van der Waals surface area (Å²) >= 11 is 5.96. The summed E-state index contributed by atoms with van der Waals surface area (Å²) in [6.07, 6.45) is 0. The molecule has 0 bridgehead atoms. The number of anilines is 1. The lowest BCUT2D eigenvalue weighted by Crippen LogP contribution is -2.10. The van der Waals surface area contributed by atoms with E-state index in [0.29, 0.717) is 16.7 Å². The van der Waals surface area contributed by atoms with Crippen molar-refractivity contribution in [2.45, 2.75) is 19.9 Å². The van der Waals surface area contributed by atoms with Gasteiger partial charge in [-0.2, -0.15) is 5.26 Å². The summed E-state index contributed by atoms with van der Waals surface area (Å²) in [7, 11) is 0. The van der Waals surface area contributed by atoms with Crippen molar-refractivity contribution in [2.75, 3.05) is 5.32 Å². The predicted octanol–water partition coefficient (Wildman–Crippen LogP) is 3.48. The smallest absolute Gasteiger partial charge is 0.224 e. The number of halogens is 1. The Morgan fingerprint density at radius 3 is 2.79 bits per heavy atom. The van der Waals surface area contributed by atoms with Crippen LogP contribution in [0.2, 0.25) is 5.02 Å². The van der Waals surface area contributed by atoms with E-state index >= 15 is 0 Å². The third-order valence-corrected chi connectivity index (χ3v) is 2.90. The molecule has 1 atom stereocenters. The Hall–Kier alpha value is -2.12. The minimum Gasteiger partial charge on any atom is -0.348 e. The van der Waals surface area contributed by atoms with Crippen LogP contribution >= 0.6 is 11.6 Å². The molecule has 0 aliphatic rings. The van der Waals surface area contributed by atoms with E-state index in [1.807, 2.05) is 44.2 Å². The van der Waals surface area contributed by atoms with Gasteiger partial charge >= 0.3 is 0 Å². The summed E-state index contributed by atoms with van der Waals surface area (Å²) in [6, 6.07) is 11.3. The lowest BCUT2D eigenvalue weighted by atomic mass is 10.1. The average Bonchev–Trinajstić information content (AvgIpc) is 2.38. The van der Waals surface area contributed by atoms with E-state index in [9.17, 15) is 0 Å². The molecule has 0 fully saturated rings. The quantitative estimate of drug-likeness (QED) is 0.929. The van der Waals surface area contributed by atoms with E-state index < -0.39 is 0 Å². The van der Waals surface area contributed by atoms with Gasteiger partial charge in [0.05, 0.1) is 6.04 Å². The summed E-state index contributed by atoms with van der Waals surface area (Å²) in [5, 5.41) is 12.7. The number of nitriles is 1. The number of nitrogens with one attached hydrogen (secondary N) is 1. The molecule has 2 rings (SSSR count). The van der Waals surface area contributed by atoms with Gasteiger partial charge < -0.3 is 5.32 Å². The molecular formula is C14H13ClN4. The van der Waals surface area contributed by atoms with Crippen molar-refractivity contribution >= 4 is 17.5 Å². The van der Waals surface area contributed by atoms with Crippen LogP contribution in [-0.4, -0.2) is 9.97 Å². The maximum absolute atomic E-state index is 8.89. The second kappa shape index (κ2) is 5.68. The fourth-order valence-electron chi connectivity index (χ4n) is 1.74. The first kappa shape index (κ1) is 13.3. The van der Waals surface area contributed by atoms with Gasteiger partial charge in [0.2, 0.25) is 5.95 Å². The van der Waals surface area contributed by atoms with Crippen molar-refractivity contribution in [1.29, 1.82) is 5.26 Å². The highest BCUT2D eigenvalue weighted by atomic mass is 35.5. The van der Waals surface area contributed by atoms with Gasteiger partial charge in [-0.1, -0.05) is 23.7 Å². The van der Waals surface area contributed by atoms with Gasteiger partial charge in [0, 0.05) is 10.7 Å². The molecule has 5 heteroatoms. The van der Waals surface area contributed by atoms with E-state index in [0.717, 1.165) is 11.3 Å². The fourth-order valence-corrected chi connectivity index (χ4v) is 1.94. The zero-order chi connectivity index (χ0) is 13.8. The van der Waals surface area contributed by atoms with Crippen LogP contribution in [0.15, 0.2) is 30.3 Å². The van der Waals surface area contributed by atoms with Crippen molar-refractivity contribution in [2.24, 2.45) is 0 Å². The molecule has 1 aromatic carbocycles. The van der Waals surface area contributed by atoms with Crippen molar-refractivity contribution in [3.8, 4) is 6.07 Å². The summed E-state index contributed by atoms with van der Waals surface area (Å²) in [5.74, 6) is 0.448. The number of benzene rings is 1. The lowest BCUT2D eigenvalue weighted by molar-refractivity contribution is 0.855. The topological polar surface area (TPSA) is 61.6 Å². The number of hydrogen-bond acceptors (Lipinski definition) is 4. The molecule has 0 aliphatic heterocycles. The average molecular weight is 273 g/mol. The zero-order valence-corrected chi connectivity index (χ0v) is 11.4. The number of nitrogens with zero attached hydrogens (tertiary/aromatic N) is 3. The van der Waals surface area contributed by atoms with Crippen molar-refractivity contribution in [1.82, 2.24) is 9.97 Å². The monoisotopic (exact) mass is 272 g/mol. The molecule has 0 radical (unpaired) electrons. The minimum atomic E-state index is 0.00652. The van der Waals surface area contributed by atoms with Crippen molar-refractivity contribution in [3.63, 3.8) is 0 Å². The normalized spacial score (nSPS) is 11.7. The molecule has 1 unspecified atom stereocenters. The second-order valence-corrected chi connectivity index (χ2v) is 4.69. The molecular weight excluding hydrogens is 260 g/mol. The third kappa shape index (κ3) is 3.43. The van der Waals surface area contributed by atoms with Crippen LogP contribution in [0.3, 0.4) is 0 Å². The first-order valence-corrected chi connectivity index (χ1v) is 6.24. The van der Waals surface area contributed by atoms with Gasteiger partial charge in [0.15, 0.2) is 0 Å². The van der Waals surface area contributed by atoms with E-state index in [2.05, 4.69) is 15.3 Å². The van der Waals surface area contributed by atoms with Crippen molar-refractivity contribution < 1.29 is 0 Å². The molecule has 0 amide bonds. The van der Waals surface area contributed by atoms with Crippen LogP contribution in [0.25, 0.3) is 0 Å². The Labute approximate surface area is 117 Å². The maximum atomic E-state index is 8.89. The van der Waals surface area contributed by atoms with Crippen LogP contribution in [0.5, 0.6) is 0 Å². The molecule has 1 N–H and O–H groups in total. The van der Waals surface area contributed by atoms with Gasteiger partial charge in [-0.3, -0.25) is 0 Å². The molecule has 0 saturated heterocycles. The number of aromatic nitrogens is 2. The lowest BCUT2D eigenvalue weighted by Gasteiger charge is -2.14. The molecule has 96 valence electrons. The molecule has 1 heterocycles. The van der Waals surface area contributed by atoms with Crippen LogP contribution < -0.4 is 5.32 Å². The summed E-state index contributed by atoms with van der Waals surface area (Å²) in [6.45, 7) is 3.82. The molecule has 19 heavy (non-hydrogen) atoms. The molecule has 4 nitrogen and oxygen atoms in total. The second-order valence-electron chi connectivity index (χ2n) is 4.25. The largest absolute Gasteiger partial charge is 0.348 e. The highest BCUT2D eigenvalue weighted by Gasteiger charge is 2.08. The Morgan fingerprint density at radius 1 is 1.32 bits per heavy atom. The van der Waals surface area contributed by atoms with E-state index in [1.54, 1.807) is 6.07 Å². The van der Waals surface area contributed by atoms with Gasteiger partial charge in [-0.25, -0.2) is 9.97 Å². The highest BCUT2D eigenvalue weighted by Crippen LogP contribution is 2.20. The molecule has 1 aromatic heterocycles. The van der Waals surface area contributed by atoms with Crippen LogP contribution in [0.4, 0.5) is 5.95 Å². The molecule has 0 spiro atoms.